The molecular formula is C20H26N2O4S. The molecule has 2 aromatic carbocycles. The highest BCUT2D eigenvalue weighted by Gasteiger charge is 2.20. The van der Waals surface area contributed by atoms with Crippen LogP contribution in [0.3, 0.4) is 0 Å². The highest BCUT2D eigenvalue weighted by molar-refractivity contribution is 7.92. The summed E-state index contributed by atoms with van der Waals surface area (Å²) >= 11 is 0. The zero-order chi connectivity index (χ0) is 19.9. The molecule has 0 aliphatic heterocycles. The van der Waals surface area contributed by atoms with Crippen LogP contribution in [-0.2, 0) is 14.8 Å². The highest BCUT2D eigenvalue weighted by atomic mass is 32.2. The lowest BCUT2D eigenvalue weighted by molar-refractivity contribution is -0.123. The molecule has 27 heavy (non-hydrogen) atoms. The molecule has 1 amide bonds. The Morgan fingerprint density at radius 1 is 1.07 bits per heavy atom. The fraction of sp³-hybridized carbons (Fsp3) is 0.350. The van der Waals surface area contributed by atoms with Crippen LogP contribution in [0.5, 0.6) is 5.75 Å². The van der Waals surface area contributed by atoms with Crippen molar-refractivity contribution in [2.75, 3.05) is 24.5 Å². The van der Waals surface area contributed by atoms with E-state index in [9.17, 15) is 13.2 Å². The average Bonchev–Trinajstić information content (AvgIpc) is 2.66. The van der Waals surface area contributed by atoms with Gasteiger partial charge in [0.2, 0.25) is 0 Å². The molecule has 0 spiro atoms. The molecule has 146 valence electrons. The van der Waals surface area contributed by atoms with Crippen molar-refractivity contribution in [2.45, 2.75) is 25.2 Å². The molecule has 2 rings (SSSR count). The fourth-order valence-corrected chi connectivity index (χ4v) is 3.56. The number of ether oxygens (including phenoxy) is 1. The van der Waals surface area contributed by atoms with Gasteiger partial charge in [-0.25, -0.2) is 8.42 Å². The van der Waals surface area contributed by atoms with E-state index in [2.05, 4.69) is 19.2 Å². The van der Waals surface area contributed by atoms with E-state index in [0.29, 0.717) is 23.9 Å². The third-order valence-corrected chi connectivity index (χ3v) is 5.82. The second-order valence-corrected chi connectivity index (χ2v) is 8.57. The number of hydrogen-bond donors (Lipinski definition) is 1. The Morgan fingerprint density at radius 2 is 1.70 bits per heavy atom. The lowest BCUT2D eigenvalue weighted by atomic mass is 10.1. The smallest absolute Gasteiger partial charge is 0.264 e. The molecular weight excluding hydrogens is 364 g/mol. The number of hydrogen-bond acceptors (Lipinski definition) is 4. The van der Waals surface area contributed by atoms with Crippen molar-refractivity contribution in [3.8, 4) is 5.75 Å². The van der Waals surface area contributed by atoms with Gasteiger partial charge in [-0.05, 0) is 48.7 Å². The largest absolute Gasteiger partial charge is 0.484 e. The van der Waals surface area contributed by atoms with Gasteiger partial charge in [-0.1, -0.05) is 32.0 Å². The van der Waals surface area contributed by atoms with E-state index < -0.39 is 10.0 Å². The van der Waals surface area contributed by atoms with Gasteiger partial charge >= 0.3 is 0 Å². The first-order valence-corrected chi connectivity index (χ1v) is 10.3. The van der Waals surface area contributed by atoms with Crippen molar-refractivity contribution in [1.82, 2.24) is 5.32 Å². The summed E-state index contributed by atoms with van der Waals surface area (Å²) in [6.07, 6.45) is 0.919. The summed E-state index contributed by atoms with van der Waals surface area (Å²) in [7, 11) is -2.12. The van der Waals surface area contributed by atoms with E-state index in [1.54, 1.807) is 54.6 Å². The van der Waals surface area contributed by atoms with Crippen LogP contribution >= 0.6 is 0 Å². The first-order valence-electron chi connectivity index (χ1n) is 8.84. The molecule has 0 bridgehead atoms. The second-order valence-electron chi connectivity index (χ2n) is 6.60. The zero-order valence-electron chi connectivity index (χ0n) is 15.9. The van der Waals surface area contributed by atoms with Gasteiger partial charge in [-0.2, -0.15) is 0 Å². The SMILES string of the molecule is CC(C)CCNC(=O)COc1ccc(N(C)S(=O)(=O)c2ccccc2)cc1. The number of sulfonamides is 1. The zero-order valence-corrected chi connectivity index (χ0v) is 16.7. The Bertz CT molecular complexity index is 834. The number of nitrogens with one attached hydrogen (secondary N) is 1. The van der Waals surface area contributed by atoms with Crippen LogP contribution in [0.2, 0.25) is 0 Å². The van der Waals surface area contributed by atoms with Crippen LogP contribution in [0, 0.1) is 5.92 Å². The van der Waals surface area contributed by atoms with E-state index in [1.165, 1.54) is 11.4 Å². The van der Waals surface area contributed by atoms with Gasteiger partial charge in [0.05, 0.1) is 10.6 Å². The second kappa shape index (κ2) is 9.41. The van der Waals surface area contributed by atoms with Crippen molar-refractivity contribution in [3.05, 3.63) is 54.6 Å². The Balaban J connectivity index is 1.94. The Kier molecular flexibility index (Phi) is 7.24. The van der Waals surface area contributed by atoms with Crippen molar-refractivity contribution in [3.63, 3.8) is 0 Å². The first-order chi connectivity index (χ1) is 12.8. The maximum atomic E-state index is 12.6. The summed E-state index contributed by atoms with van der Waals surface area (Å²) < 4.78 is 31.9. The maximum absolute atomic E-state index is 12.6. The van der Waals surface area contributed by atoms with Crippen LogP contribution in [0.1, 0.15) is 20.3 Å². The Labute approximate surface area is 161 Å². The number of nitrogens with zero attached hydrogens (tertiary/aromatic N) is 1. The van der Waals surface area contributed by atoms with Crippen LogP contribution in [-0.4, -0.2) is 34.5 Å². The lowest BCUT2D eigenvalue weighted by Gasteiger charge is -2.19. The van der Waals surface area contributed by atoms with E-state index in [0.717, 1.165) is 6.42 Å². The molecule has 0 fully saturated rings. The van der Waals surface area contributed by atoms with Crippen LogP contribution in [0.25, 0.3) is 0 Å². The molecule has 6 nitrogen and oxygen atoms in total. The lowest BCUT2D eigenvalue weighted by Crippen LogP contribution is -2.30. The number of carbonyl (C=O) groups excluding carboxylic acids is 1. The molecule has 7 heteroatoms. The van der Waals surface area contributed by atoms with Gasteiger partial charge in [0.15, 0.2) is 6.61 Å². The minimum atomic E-state index is -3.62. The predicted molar refractivity (Wildman–Crippen MR) is 106 cm³/mol. The minimum Gasteiger partial charge on any atom is -0.484 e. The molecule has 0 saturated heterocycles. The van der Waals surface area contributed by atoms with Gasteiger partial charge in [0, 0.05) is 13.6 Å². The molecule has 0 heterocycles. The van der Waals surface area contributed by atoms with Crippen LogP contribution in [0.4, 0.5) is 5.69 Å². The molecule has 0 unspecified atom stereocenters. The molecule has 0 aliphatic carbocycles. The number of carbonyl (C=O) groups is 1. The number of amides is 1. The van der Waals surface area contributed by atoms with Crippen molar-refractivity contribution < 1.29 is 17.9 Å². The predicted octanol–water partition coefficient (Wildman–Crippen LogP) is 3.05. The summed E-state index contributed by atoms with van der Waals surface area (Å²) in [6, 6.07) is 14.8. The minimum absolute atomic E-state index is 0.0738. The molecule has 2 aromatic rings. The number of rotatable bonds is 9. The van der Waals surface area contributed by atoms with Gasteiger partial charge in [0.25, 0.3) is 15.9 Å². The Hall–Kier alpha value is -2.54. The van der Waals surface area contributed by atoms with Gasteiger partial charge in [-0.3, -0.25) is 9.10 Å². The van der Waals surface area contributed by atoms with Crippen LogP contribution in [0.15, 0.2) is 59.5 Å². The average molecular weight is 391 g/mol. The normalized spacial score (nSPS) is 11.3. The molecule has 0 aliphatic rings. The highest BCUT2D eigenvalue weighted by Crippen LogP contribution is 2.24. The fourth-order valence-electron chi connectivity index (χ4n) is 2.34. The molecule has 0 atom stereocenters. The van der Waals surface area contributed by atoms with E-state index in [1.807, 2.05) is 0 Å². The monoisotopic (exact) mass is 390 g/mol. The van der Waals surface area contributed by atoms with E-state index in [4.69, 9.17) is 4.74 Å². The summed E-state index contributed by atoms with van der Waals surface area (Å²) in [4.78, 5) is 12.0. The summed E-state index contributed by atoms with van der Waals surface area (Å²) in [5, 5.41) is 2.80. The molecule has 0 aromatic heterocycles. The maximum Gasteiger partial charge on any atom is 0.264 e. The first kappa shape index (κ1) is 20.8. The standard InChI is InChI=1S/C20H26N2O4S/c1-16(2)13-14-21-20(23)15-26-18-11-9-17(10-12-18)22(3)27(24,25)19-7-5-4-6-8-19/h4-12,16H,13-15H2,1-3H3,(H,21,23). The number of benzene rings is 2. The van der Waals surface area contributed by atoms with Crippen molar-refractivity contribution in [2.24, 2.45) is 5.92 Å². The third-order valence-electron chi connectivity index (χ3n) is 4.02. The topological polar surface area (TPSA) is 75.7 Å². The molecule has 0 saturated carbocycles. The summed E-state index contributed by atoms with van der Waals surface area (Å²) in [6.45, 7) is 4.75. The molecule has 1 N–H and O–H groups in total. The van der Waals surface area contributed by atoms with Crippen molar-refractivity contribution in [1.29, 1.82) is 0 Å². The van der Waals surface area contributed by atoms with Gasteiger partial charge in [-0.15, -0.1) is 0 Å². The van der Waals surface area contributed by atoms with Gasteiger partial charge < -0.3 is 10.1 Å². The quantitative estimate of drug-likeness (QED) is 0.714. The third kappa shape index (κ3) is 5.99. The Morgan fingerprint density at radius 3 is 2.30 bits per heavy atom. The summed E-state index contributed by atoms with van der Waals surface area (Å²) in [5.74, 6) is 0.856. The van der Waals surface area contributed by atoms with Crippen molar-refractivity contribution >= 4 is 21.6 Å². The van der Waals surface area contributed by atoms with E-state index >= 15 is 0 Å². The summed E-state index contributed by atoms with van der Waals surface area (Å²) in [5.41, 5.74) is 0.507. The number of anilines is 1. The molecule has 0 radical (unpaired) electrons. The van der Waals surface area contributed by atoms with Gasteiger partial charge in [0.1, 0.15) is 5.75 Å². The van der Waals surface area contributed by atoms with E-state index in [-0.39, 0.29) is 17.4 Å². The van der Waals surface area contributed by atoms with Crippen LogP contribution < -0.4 is 14.4 Å².